The van der Waals surface area contributed by atoms with E-state index in [1.54, 1.807) is 24.3 Å². The Bertz CT molecular complexity index is 997. The minimum atomic E-state index is -3.60. The number of carbonyl (C=O) groups excluding carboxylic acids is 1. The highest BCUT2D eigenvalue weighted by Gasteiger charge is 2.32. The predicted molar refractivity (Wildman–Crippen MR) is 114 cm³/mol. The predicted octanol–water partition coefficient (Wildman–Crippen LogP) is 2.14. The van der Waals surface area contributed by atoms with Crippen molar-refractivity contribution in [3.8, 4) is 0 Å². The molecule has 1 aliphatic heterocycles. The van der Waals surface area contributed by atoms with Crippen molar-refractivity contribution < 1.29 is 27.4 Å². The number of benzene rings is 2. The van der Waals surface area contributed by atoms with E-state index in [-0.39, 0.29) is 29.7 Å². The smallest absolute Gasteiger partial charge is 0.251 e. The zero-order valence-electron chi connectivity index (χ0n) is 17.3. The van der Waals surface area contributed by atoms with Gasteiger partial charge in [-0.2, -0.15) is 0 Å². The van der Waals surface area contributed by atoms with Crippen molar-refractivity contribution in [2.45, 2.75) is 49.3 Å². The van der Waals surface area contributed by atoms with Crippen molar-refractivity contribution in [1.29, 1.82) is 0 Å². The lowest BCUT2D eigenvalue weighted by Crippen LogP contribution is -2.51. The summed E-state index contributed by atoms with van der Waals surface area (Å²) in [5, 5.41) is 12.5. The van der Waals surface area contributed by atoms with Gasteiger partial charge in [-0.05, 0) is 56.5 Å². The largest absolute Gasteiger partial charge is 0.394 e. The fourth-order valence-electron chi connectivity index (χ4n) is 3.55. The molecule has 3 atom stereocenters. The van der Waals surface area contributed by atoms with Crippen molar-refractivity contribution >= 4 is 15.9 Å². The number of hydrogen-bond acceptors (Lipinski definition) is 5. The molecule has 31 heavy (non-hydrogen) atoms. The number of aryl methyl sites for hydroxylation is 1. The summed E-state index contributed by atoms with van der Waals surface area (Å²) in [5.74, 6) is -0.935. The van der Waals surface area contributed by atoms with E-state index < -0.39 is 33.9 Å². The van der Waals surface area contributed by atoms with E-state index in [2.05, 4.69) is 10.0 Å². The lowest BCUT2D eigenvalue weighted by molar-refractivity contribution is -0.0891. The van der Waals surface area contributed by atoms with Crippen LogP contribution in [0.25, 0.3) is 0 Å². The number of aliphatic hydroxyl groups excluding tert-OH is 1. The van der Waals surface area contributed by atoms with Crippen LogP contribution in [0, 0.1) is 12.7 Å². The summed E-state index contributed by atoms with van der Waals surface area (Å²) in [6.07, 6.45) is 0.718. The maximum Gasteiger partial charge on any atom is 0.251 e. The third kappa shape index (κ3) is 6.33. The lowest BCUT2D eigenvalue weighted by atomic mass is 9.97. The van der Waals surface area contributed by atoms with Gasteiger partial charge >= 0.3 is 0 Å². The topological polar surface area (TPSA) is 105 Å². The number of sulfonamides is 1. The minimum absolute atomic E-state index is 0.194. The van der Waals surface area contributed by atoms with Crippen molar-refractivity contribution in [2.75, 3.05) is 13.2 Å². The Morgan fingerprint density at radius 3 is 2.61 bits per heavy atom. The van der Waals surface area contributed by atoms with E-state index in [1.807, 2.05) is 6.92 Å². The third-order valence-electron chi connectivity index (χ3n) is 5.29. The Kier molecular flexibility index (Phi) is 7.77. The molecule has 0 bridgehead atoms. The van der Waals surface area contributed by atoms with Crippen molar-refractivity contribution in [3.63, 3.8) is 0 Å². The number of aliphatic hydroxyl groups is 1. The van der Waals surface area contributed by atoms with Gasteiger partial charge in [0.15, 0.2) is 0 Å². The Hall–Kier alpha value is -2.33. The second-order valence-corrected chi connectivity index (χ2v) is 9.41. The first kappa shape index (κ1) is 23.3. The number of amides is 1. The number of nitrogens with one attached hydrogen (secondary N) is 2. The number of ether oxygens (including phenoxy) is 1. The molecule has 0 unspecified atom stereocenters. The van der Waals surface area contributed by atoms with Crippen LogP contribution >= 0.6 is 0 Å². The standard InChI is InChI=1S/C22H27FN2O5S/c1-15-5-8-19(9-6-15)31(28,29)24-12-11-18-7-10-20(21(14-26)30-18)25-22(27)16-3-2-4-17(23)13-16/h2-6,8-9,13,18,20-21,24,26H,7,10-12,14H2,1H3,(H,25,27)/t18-,20-,21-/m1/s1. The minimum Gasteiger partial charge on any atom is -0.394 e. The van der Waals surface area contributed by atoms with Crippen LogP contribution in [0.5, 0.6) is 0 Å². The van der Waals surface area contributed by atoms with E-state index in [1.165, 1.54) is 18.2 Å². The van der Waals surface area contributed by atoms with Crippen LogP contribution in [-0.2, 0) is 14.8 Å². The van der Waals surface area contributed by atoms with Crippen LogP contribution in [0.2, 0.25) is 0 Å². The summed E-state index contributed by atoms with van der Waals surface area (Å²) in [6, 6.07) is 11.6. The fraction of sp³-hybridized carbons (Fsp3) is 0.409. The molecule has 0 radical (unpaired) electrons. The van der Waals surface area contributed by atoms with Gasteiger partial charge in [0.05, 0.1) is 23.6 Å². The average Bonchev–Trinajstić information content (AvgIpc) is 2.74. The van der Waals surface area contributed by atoms with Gasteiger partial charge in [0.2, 0.25) is 10.0 Å². The number of carbonyl (C=O) groups is 1. The van der Waals surface area contributed by atoms with Crippen molar-refractivity contribution in [2.24, 2.45) is 0 Å². The third-order valence-corrected chi connectivity index (χ3v) is 6.77. The molecular formula is C22H27FN2O5S. The first-order chi connectivity index (χ1) is 14.8. The summed E-state index contributed by atoms with van der Waals surface area (Å²) in [6.45, 7) is 1.79. The Balaban J connectivity index is 1.50. The average molecular weight is 451 g/mol. The maximum absolute atomic E-state index is 13.3. The zero-order valence-corrected chi connectivity index (χ0v) is 18.1. The summed E-state index contributed by atoms with van der Waals surface area (Å²) in [5.41, 5.74) is 1.17. The second kappa shape index (κ2) is 10.3. The van der Waals surface area contributed by atoms with E-state index in [0.717, 1.165) is 11.6 Å². The van der Waals surface area contributed by atoms with E-state index in [4.69, 9.17) is 4.74 Å². The molecule has 0 saturated carbocycles. The number of halogens is 1. The second-order valence-electron chi connectivity index (χ2n) is 7.65. The normalized spacial score (nSPS) is 21.6. The van der Waals surface area contributed by atoms with Gasteiger partial charge in [-0.3, -0.25) is 4.79 Å². The molecule has 1 heterocycles. The molecule has 168 valence electrons. The van der Waals surface area contributed by atoms with Crippen molar-refractivity contribution in [3.05, 3.63) is 65.5 Å². The van der Waals surface area contributed by atoms with Gasteiger partial charge in [0.1, 0.15) is 11.9 Å². The molecule has 2 aromatic carbocycles. The quantitative estimate of drug-likeness (QED) is 0.572. The van der Waals surface area contributed by atoms with E-state index in [0.29, 0.717) is 19.3 Å². The summed E-state index contributed by atoms with van der Waals surface area (Å²) >= 11 is 0. The van der Waals surface area contributed by atoms with E-state index in [9.17, 15) is 22.7 Å². The van der Waals surface area contributed by atoms with Gasteiger partial charge in [-0.25, -0.2) is 17.5 Å². The SMILES string of the molecule is Cc1ccc(S(=O)(=O)NCC[C@H]2CC[C@@H](NC(=O)c3cccc(F)c3)[C@@H](CO)O2)cc1. The molecule has 1 fully saturated rings. The fourth-order valence-corrected chi connectivity index (χ4v) is 4.59. The van der Waals surface area contributed by atoms with Gasteiger partial charge in [0.25, 0.3) is 5.91 Å². The molecule has 0 spiro atoms. The molecule has 7 nitrogen and oxygen atoms in total. The highest BCUT2D eigenvalue weighted by molar-refractivity contribution is 7.89. The summed E-state index contributed by atoms with van der Waals surface area (Å²) < 4.78 is 46.5. The Morgan fingerprint density at radius 1 is 1.19 bits per heavy atom. The molecule has 0 aromatic heterocycles. The van der Waals surface area contributed by atoms with Crippen LogP contribution in [0.4, 0.5) is 4.39 Å². The number of hydrogen-bond donors (Lipinski definition) is 3. The van der Waals surface area contributed by atoms with E-state index >= 15 is 0 Å². The molecule has 3 N–H and O–H groups in total. The molecule has 2 aromatic rings. The first-order valence-electron chi connectivity index (χ1n) is 10.2. The molecular weight excluding hydrogens is 423 g/mol. The molecule has 3 rings (SSSR count). The monoisotopic (exact) mass is 450 g/mol. The van der Waals surface area contributed by atoms with Gasteiger partial charge < -0.3 is 15.2 Å². The zero-order chi connectivity index (χ0) is 22.4. The van der Waals surface area contributed by atoms with Gasteiger partial charge in [-0.15, -0.1) is 0 Å². The van der Waals surface area contributed by atoms with Gasteiger partial charge in [0, 0.05) is 12.1 Å². The van der Waals surface area contributed by atoms with Crippen molar-refractivity contribution in [1.82, 2.24) is 10.0 Å². The maximum atomic E-state index is 13.3. The Labute approximate surface area is 181 Å². The molecule has 0 aliphatic carbocycles. The van der Waals surface area contributed by atoms with Crippen LogP contribution < -0.4 is 10.0 Å². The van der Waals surface area contributed by atoms with Crippen LogP contribution in [0.1, 0.15) is 35.2 Å². The summed E-state index contributed by atoms with van der Waals surface area (Å²) in [7, 11) is -3.60. The summed E-state index contributed by atoms with van der Waals surface area (Å²) in [4.78, 5) is 12.6. The Morgan fingerprint density at radius 2 is 1.94 bits per heavy atom. The molecule has 9 heteroatoms. The molecule has 1 amide bonds. The van der Waals surface area contributed by atoms with Gasteiger partial charge in [-0.1, -0.05) is 23.8 Å². The highest BCUT2D eigenvalue weighted by atomic mass is 32.2. The van der Waals surface area contributed by atoms with Crippen LogP contribution in [-0.4, -0.2) is 50.8 Å². The first-order valence-corrected chi connectivity index (χ1v) is 11.7. The highest BCUT2D eigenvalue weighted by Crippen LogP contribution is 2.22. The molecule has 1 aliphatic rings. The number of rotatable bonds is 8. The lowest BCUT2D eigenvalue weighted by Gasteiger charge is -2.36. The molecule has 1 saturated heterocycles. The van der Waals surface area contributed by atoms with Crippen LogP contribution in [0.15, 0.2) is 53.4 Å². The van der Waals surface area contributed by atoms with Crippen LogP contribution in [0.3, 0.4) is 0 Å².